The van der Waals surface area contributed by atoms with Gasteiger partial charge in [0.2, 0.25) is 11.7 Å². The van der Waals surface area contributed by atoms with Crippen LogP contribution in [0.2, 0.25) is 0 Å². The van der Waals surface area contributed by atoms with Gasteiger partial charge in [0.15, 0.2) is 0 Å². The lowest BCUT2D eigenvalue weighted by molar-refractivity contribution is -0.385. The maximum absolute atomic E-state index is 10.6. The number of nitro groups is 1. The molecule has 0 saturated heterocycles. The lowest BCUT2D eigenvalue weighted by Crippen LogP contribution is -2.02. The molecule has 0 saturated carbocycles. The van der Waals surface area contributed by atoms with E-state index >= 15 is 0 Å². The standard InChI is InChI=1S/C14H14N6O3/c1-2-10-4-3-6-15-13(10)14-17-12(23-18-14)5-7-19-9-11(8-16-19)20(21)22/h3-4,6,8-9H,2,5,7H2,1H3. The number of aromatic nitrogens is 5. The SMILES string of the molecule is CCc1cccnc1-c1noc(CCn2cc([N+](=O)[O-])cn2)n1. The van der Waals surface area contributed by atoms with Crippen molar-refractivity contribution in [2.45, 2.75) is 26.3 Å². The predicted octanol–water partition coefficient (Wildman–Crippen LogP) is 2.04. The lowest BCUT2D eigenvalue weighted by atomic mass is 10.1. The van der Waals surface area contributed by atoms with Crippen LogP contribution in [0.15, 0.2) is 35.2 Å². The molecule has 9 heteroatoms. The molecule has 3 aromatic rings. The highest BCUT2D eigenvalue weighted by atomic mass is 16.6. The highest BCUT2D eigenvalue weighted by Crippen LogP contribution is 2.18. The third-order valence-electron chi connectivity index (χ3n) is 3.34. The quantitative estimate of drug-likeness (QED) is 0.505. The third-order valence-corrected chi connectivity index (χ3v) is 3.34. The third kappa shape index (κ3) is 3.23. The summed E-state index contributed by atoms with van der Waals surface area (Å²) in [7, 11) is 0. The molecule has 3 heterocycles. The Bertz CT molecular complexity index is 825. The molecule has 23 heavy (non-hydrogen) atoms. The molecule has 0 aromatic carbocycles. The van der Waals surface area contributed by atoms with Crippen molar-refractivity contribution < 1.29 is 9.45 Å². The highest BCUT2D eigenvalue weighted by molar-refractivity contribution is 5.53. The highest BCUT2D eigenvalue weighted by Gasteiger charge is 2.14. The van der Waals surface area contributed by atoms with Crippen LogP contribution in [0.4, 0.5) is 5.69 Å². The van der Waals surface area contributed by atoms with Crippen molar-refractivity contribution in [2.24, 2.45) is 0 Å². The molecule has 0 aliphatic carbocycles. The summed E-state index contributed by atoms with van der Waals surface area (Å²) in [6.45, 7) is 2.45. The minimum atomic E-state index is -0.484. The fraction of sp³-hybridized carbons (Fsp3) is 0.286. The van der Waals surface area contributed by atoms with Crippen LogP contribution in [0, 0.1) is 10.1 Å². The van der Waals surface area contributed by atoms with Gasteiger partial charge in [-0.25, -0.2) is 0 Å². The van der Waals surface area contributed by atoms with Gasteiger partial charge in [-0.2, -0.15) is 10.1 Å². The molecular weight excluding hydrogens is 300 g/mol. The van der Waals surface area contributed by atoms with Crippen molar-refractivity contribution in [3.05, 3.63) is 52.3 Å². The van der Waals surface area contributed by atoms with E-state index in [1.54, 1.807) is 6.20 Å². The first-order valence-electron chi connectivity index (χ1n) is 7.11. The largest absolute Gasteiger partial charge is 0.339 e. The van der Waals surface area contributed by atoms with Crippen LogP contribution in [0.25, 0.3) is 11.5 Å². The van der Waals surface area contributed by atoms with Gasteiger partial charge in [0.1, 0.15) is 18.1 Å². The second kappa shape index (κ2) is 6.34. The predicted molar refractivity (Wildman–Crippen MR) is 79.5 cm³/mol. The van der Waals surface area contributed by atoms with Crippen molar-refractivity contribution in [3.8, 4) is 11.5 Å². The molecule has 0 aliphatic rings. The van der Waals surface area contributed by atoms with Crippen molar-refractivity contribution in [3.63, 3.8) is 0 Å². The zero-order chi connectivity index (χ0) is 16.2. The first-order valence-corrected chi connectivity index (χ1v) is 7.11. The Morgan fingerprint density at radius 2 is 2.30 bits per heavy atom. The van der Waals surface area contributed by atoms with E-state index in [0.29, 0.717) is 30.4 Å². The fourth-order valence-electron chi connectivity index (χ4n) is 2.16. The molecule has 118 valence electrons. The zero-order valence-corrected chi connectivity index (χ0v) is 12.4. The van der Waals surface area contributed by atoms with E-state index in [9.17, 15) is 10.1 Å². The molecule has 3 aromatic heterocycles. The van der Waals surface area contributed by atoms with Crippen molar-refractivity contribution in [1.29, 1.82) is 0 Å². The second-order valence-corrected chi connectivity index (χ2v) is 4.85. The number of nitrogens with zero attached hydrogens (tertiary/aromatic N) is 6. The molecule has 0 bridgehead atoms. The average Bonchev–Trinajstić information content (AvgIpc) is 3.22. The first kappa shape index (κ1) is 14.8. The van der Waals surface area contributed by atoms with Gasteiger partial charge >= 0.3 is 5.69 Å². The van der Waals surface area contributed by atoms with E-state index in [2.05, 4.69) is 20.2 Å². The molecule has 0 amide bonds. The summed E-state index contributed by atoms with van der Waals surface area (Å²) in [6, 6.07) is 3.84. The molecule has 0 fully saturated rings. The zero-order valence-electron chi connectivity index (χ0n) is 12.4. The van der Waals surface area contributed by atoms with Crippen LogP contribution in [0.1, 0.15) is 18.4 Å². The summed E-state index contributed by atoms with van der Waals surface area (Å²) in [4.78, 5) is 18.8. The van der Waals surface area contributed by atoms with Gasteiger partial charge in [0.05, 0.1) is 4.92 Å². The van der Waals surface area contributed by atoms with Gasteiger partial charge in [0.25, 0.3) is 0 Å². The number of hydrogen-bond acceptors (Lipinski definition) is 7. The van der Waals surface area contributed by atoms with Crippen LogP contribution in [0.5, 0.6) is 0 Å². The van der Waals surface area contributed by atoms with E-state index in [1.807, 2.05) is 19.1 Å². The molecule has 0 spiro atoms. The number of pyridine rings is 1. The Morgan fingerprint density at radius 3 is 3.04 bits per heavy atom. The topological polar surface area (TPSA) is 113 Å². The van der Waals surface area contributed by atoms with Crippen LogP contribution < -0.4 is 0 Å². The van der Waals surface area contributed by atoms with E-state index in [-0.39, 0.29) is 5.69 Å². The summed E-state index contributed by atoms with van der Waals surface area (Å²) < 4.78 is 6.69. The summed E-state index contributed by atoms with van der Waals surface area (Å²) in [5.41, 5.74) is 1.71. The summed E-state index contributed by atoms with van der Waals surface area (Å²) in [5, 5.41) is 18.5. The Hall–Kier alpha value is -3.10. The van der Waals surface area contributed by atoms with Gasteiger partial charge in [0, 0.05) is 19.2 Å². The van der Waals surface area contributed by atoms with Gasteiger partial charge in [-0.1, -0.05) is 18.1 Å². The Labute approximate surface area is 131 Å². The molecule has 0 N–H and O–H groups in total. The van der Waals surface area contributed by atoms with E-state index in [4.69, 9.17) is 4.52 Å². The van der Waals surface area contributed by atoms with Gasteiger partial charge < -0.3 is 4.52 Å². The maximum atomic E-state index is 10.6. The van der Waals surface area contributed by atoms with Crippen LogP contribution in [-0.2, 0) is 19.4 Å². The number of hydrogen-bond donors (Lipinski definition) is 0. The Kier molecular flexibility index (Phi) is 4.09. The molecular formula is C14H14N6O3. The minimum absolute atomic E-state index is 0.0442. The van der Waals surface area contributed by atoms with Crippen molar-refractivity contribution in [1.82, 2.24) is 24.9 Å². The monoisotopic (exact) mass is 314 g/mol. The van der Waals surface area contributed by atoms with Crippen LogP contribution >= 0.6 is 0 Å². The van der Waals surface area contributed by atoms with Crippen LogP contribution in [-0.4, -0.2) is 29.8 Å². The Morgan fingerprint density at radius 1 is 1.43 bits per heavy atom. The molecule has 9 nitrogen and oxygen atoms in total. The molecule has 0 aliphatic heterocycles. The maximum Gasteiger partial charge on any atom is 0.306 e. The summed E-state index contributed by atoms with van der Waals surface area (Å²) in [6.07, 6.45) is 5.52. The second-order valence-electron chi connectivity index (χ2n) is 4.85. The number of rotatable bonds is 6. The van der Waals surface area contributed by atoms with Gasteiger partial charge in [-0.05, 0) is 18.1 Å². The normalized spacial score (nSPS) is 10.8. The van der Waals surface area contributed by atoms with Crippen molar-refractivity contribution in [2.75, 3.05) is 0 Å². The summed E-state index contributed by atoms with van der Waals surface area (Å²) >= 11 is 0. The van der Waals surface area contributed by atoms with E-state index < -0.39 is 4.92 Å². The van der Waals surface area contributed by atoms with Crippen LogP contribution in [0.3, 0.4) is 0 Å². The molecule has 0 radical (unpaired) electrons. The lowest BCUT2D eigenvalue weighted by Gasteiger charge is -2.00. The van der Waals surface area contributed by atoms with E-state index in [0.717, 1.165) is 12.0 Å². The summed E-state index contributed by atoms with van der Waals surface area (Å²) in [5.74, 6) is 0.884. The molecule has 0 atom stereocenters. The minimum Gasteiger partial charge on any atom is -0.339 e. The fourth-order valence-corrected chi connectivity index (χ4v) is 2.16. The molecule has 3 rings (SSSR count). The van der Waals surface area contributed by atoms with Gasteiger partial charge in [-0.3, -0.25) is 19.8 Å². The van der Waals surface area contributed by atoms with Gasteiger partial charge in [-0.15, -0.1) is 0 Å². The van der Waals surface area contributed by atoms with E-state index in [1.165, 1.54) is 17.1 Å². The Balaban J connectivity index is 1.70. The smallest absolute Gasteiger partial charge is 0.306 e. The van der Waals surface area contributed by atoms with Crippen molar-refractivity contribution >= 4 is 5.69 Å². The average molecular weight is 314 g/mol. The number of aryl methyl sites for hydroxylation is 3. The first-order chi connectivity index (χ1) is 11.2. The molecule has 0 unspecified atom stereocenters.